The van der Waals surface area contributed by atoms with Crippen molar-refractivity contribution in [3.63, 3.8) is 0 Å². The summed E-state index contributed by atoms with van der Waals surface area (Å²) in [6.07, 6.45) is 0.383. The van der Waals surface area contributed by atoms with Gasteiger partial charge in [0, 0.05) is 17.5 Å². The zero-order valence-electron chi connectivity index (χ0n) is 10.8. The molecule has 0 aromatic heterocycles. The highest BCUT2D eigenvalue weighted by molar-refractivity contribution is 5.97. The van der Waals surface area contributed by atoms with Crippen LogP contribution < -0.4 is 0 Å². The molecule has 2 aromatic rings. The molecule has 0 spiro atoms. The molecule has 0 aliphatic rings. The Labute approximate surface area is 110 Å². The maximum atomic E-state index is 13.9. The Balaban J connectivity index is 2.54. The van der Waals surface area contributed by atoms with E-state index in [0.717, 1.165) is 0 Å². The number of carbonyl (C=O) groups is 1. The molecule has 2 aromatic carbocycles. The maximum Gasteiger partial charge on any atom is 0.166 e. The van der Waals surface area contributed by atoms with Gasteiger partial charge in [-0.1, -0.05) is 37.3 Å². The summed E-state index contributed by atoms with van der Waals surface area (Å²) in [7, 11) is 0. The molecular weight excluding hydrogens is 246 g/mol. The molecule has 3 heteroatoms. The molecule has 0 fully saturated rings. The maximum absolute atomic E-state index is 13.9. The van der Waals surface area contributed by atoms with Crippen molar-refractivity contribution in [3.8, 4) is 11.1 Å². The third-order valence-electron chi connectivity index (χ3n) is 3.09. The first kappa shape index (κ1) is 13.4. The summed E-state index contributed by atoms with van der Waals surface area (Å²) in [5.41, 5.74) is 1.46. The first-order valence-corrected chi connectivity index (χ1v) is 6.12. The molecule has 0 amide bonds. The molecule has 0 radical (unpaired) electrons. The van der Waals surface area contributed by atoms with Crippen LogP contribution in [-0.2, 0) is 0 Å². The fourth-order valence-electron chi connectivity index (χ4n) is 1.93. The highest BCUT2D eigenvalue weighted by Crippen LogP contribution is 2.27. The van der Waals surface area contributed by atoms with E-state index in [0.29, 0.717) is 17.5 Å². The van der Waals surface area contributed by atoms with E-state index in [-0.39, 0.29) is 16.9 Å². The molecule has 2 rings (SSSR count). The lowest BCUT2D eigenvalue weighted by molar-refractivity contribution is 0.0988. The standard InChI is InChI=1S/C16H14F2O/c1-3-14(19)12-6-4-5-11(9-12)13-8-7-10(2)15(17)16(13)18/h4-9H,3H2,1-2H3. The van der Waals surface area contributed by atoms with Crippen molar-refractivity contribution in [3.05, 3.63) is 59.2 Å². The number of benzene rings is 2. The van der Waals surface area contributed by atoms with E-state index in [1.165, 1.54) is 19.1 Å². The minimum absolute atomic E-state index is 0.0187. The number of ketones is 1. The van der Waals surface area contributed by atoms with E-state index in [1.54, 1.807) is 31.2 Å². The summed E-state index contributed by atoms with van der Waals surface area (Å²) in [5, 5.41) is 0. The first-order valence-electron chi connectivity index (χ1n) is 6.12. The molecule has 0 aliphatic carbocycles. The van der Waals surface area contributed by atoms with Crippen LogP contribution in [0.3, 0.4) is 0 Å². The number of rotatable bonds is 3. The zero-order chi connectivity index (χ0) is 14.0. The van der Waals surface area contributed by atoms with Gasteiger partial charge in [-0.05, 0) is 24.1 Å². The Hall–Kier alpha value is -2.03. The van der Waals surface area contributed by atoms with Crippen molar-refractivity contribution in [2.45, 2.75) is 20.3 Å². The van der Waals surface area contributed by atoms with Gasteiger partial charge < -0.3 is 0 Å². The molecule has 98 valence electrons. The fourth-order valence-corrected chi connectivity index (χ4v) is 1.93. The normalized spacial score (nSPS) is 10.5. The Kier molecular flexibility index (Phi) is 3.74. The van der Waals surface area contributed by atoms with E-state index >= 15 is 0 Å². The van der Waals surface area contributed by atoms with Crippen molar-refractivity contribution in [1.82, 2.24) is 0 Å². The van der Waals surface area contributed by atoms with Crippen LogP contribution in [0.2, 0.25) is 0 Å². The zero-order valence-corrected chi connectivity index (χ0v) is 10.8. The van der Waals surface area contributed by atoms with Crippen LogP contribution >= 0.6 is 0 Å². The molecule has 1 nitrogen and oxygen atoms in total. The smallest absolute Gasteiger partial charge is 0.166 e. The summed E-state index contributed by atoms with van der Waals surface area (Å²) in [6.45, 7) is 3.28. The van der Waals surface area contributed by atoms with Crippen LogP contribution in [0.5, 0.6) is 0 Å². The monoisotopic (exact) mass is 260 g/mol. The molecule has 0 heterocycles. The van der Waals surface area contributed by atoms with Gasteiger partial charge in [-0.2, -0.15) is 0 Å². The lowest BCUT2D eigenvalue weighted by Gasteiger charge is -2.07. The average Bonchev–Trinajstić information content (AvgIpc) is 2.44. The number of aryl methyl sites for hydroxylation is 1. The van der Waals surface area contributed by atoms with E-state index in [9.17, 15) is 13.6 Å². The van der Waals surface area contributed by atoms with Crippen LogP contribution in [0.25, 0.3) is 11.1 Å². The second-order valence-corrected chi connectivity index (χ2v) is 4.42. The van der Waals surface area contributed by atoms with Gasteiger partial charge in [0.2, 0.25) is 0 Å². The summed E-state index contributed by atoms with van der Waals surface area (Å²) in [4.78, 5) is 11.6. The number of hydrogen-bond donors (Lipinski definition) is 0. The summed E-state index contributed by atoms with van der Waals surface area (Å²) in [6, 6.07) is 9.68. The predicted octanol–water partition coefficient (Wildman–Crippen LogP) is 4.53. The number of halogens is 2. The molecule has 0 N–H and O–H groups in total. The second kappa shape index (κ2) is 5.31. The van der Waals surface area contributed by atoms with Gasteiger partial charge in [0.05, 0.1) is 0 Å². The van der Waals surface area contributed by atoms with E-state index in [4.69, 9.17) is 0 Å². The second-order valence-electron chi connectivity index (χ2n) is 4.42. The van der Waals surface area contributed by atoms with Crippen LogP contribution in [0.15, 0.2) is 36.4 Å². The van der Waals surface area contributed by atoms with Gasteiger partial charge in [0.15, 0.2) is 17.4 Å². The van der Waals surface area contributed by atoms with Crippen molar-refractivity contribution < 1.29 is 13.6 Å². The van der Waals surface area contributed by atoms with Gasteiger partial charge in [-0.3, -0.25) is 4.79 Å². The minimum atomic E-state index is -0.874. The highest BCUT2D eigenvalue weighted by Gasteiger charge is 2.13. The van der Waals surface area contributed by atoms with E-state index in [2.05, 4.69) is 0 Å². The molecule has 0 saturated heterocycles. The Bertz CT molecular complexity index is 633. The molecule has 19 heavy (non-hydrogen) atoms. The Morgan fingerprint density at radius 2 is 1.84 bits per heavy atom. The van der Waals surface area contributed by atoms with Crippen LogP contribution in [0.1, 0.15) is 29.3 Å². The van der Waals surface area contributed by atoms with Gasteiger partial charge in [-0.25, -0.2) is 8.78 Å². The van der Waals surface area contributed by atoms with E-state index < -0.39 is 11.6 Å². The average molecular weight is 260 g/mol. The van der Waals surface area contributed by atoms with Gasteiger partial charge >= 0.3 is 0 Å². The first-order chi connectivity index (χ1) is 9.04. The SMILES string of the molecule is CCC(=O)c1cccc(-c2ccc(C)c(F)c2F)c1. The Morgan fingerprint density at radius 1 is 1.11 bits per heavy atom. The van der Waals surface area contributed by atoms with Crippen molar-refractivity contribution in [2.75, 3.05) is 0 Å². The summed E-state index contributed by atoms with van der Waals surface area (Å²) < 4.78 is 27.5. The van der Waals surface area contributed by atoms with Gasteiger partial charge in [-0.15, -0.1) is 0 Å². The molecule has 0 atom stereocenters. The lowest BCUT2D eigenvalue weighted by atomic mass is 9.99. The number of carbonyl (C=O) groups excluding carboxylic acids is 1. The third kappa shape index (κ3) is 2.55. The van der Waals surface area contributed by atoms with Crippen molar-refractivity contribution >= 4 is 5.78 Å². The van der Waals surface area contributed by atoms with Crippen LogP contribution in [0.4, 0.5) is 8.78 Å². The van der Waals surface area contributed by atoms with Gasteiger partial charge in [0.25, 0.3) is 0 Å². The quantitative estimate of drug-likeness (QED) is 0.741. The van der Waals surface area contributed by atoms with Gasteiger partial charge in [0.1, 0.15) is 0 Å². The molecule has 0 saturated carbocycles. The van der Waals surface area contributed by atoms with Crippen LogP contribution in [-0.4, -0.2) is 5.78 Å². The number of Topliss-reactive ketones (excluding diaryl/α,β-unsaturated/α-hetero) is 1. The minimum Gasteiger partial charge on any atom is -0.294 e. The third-order valence-corrected chi connectivity index (χ3v) is 3.09. The number of hydrogen-bond acceptors (Lipinski definition) is 1. The summed E-state index contributed by atoms with van der Waals surface area (Å²) in [5.74, 6) is -1.74. The molecule has 0 bridgehead atoms. The molecular formula is C16H14F2O. The lowest BCUT2D eigenvalue weighted by Crippen LogP contribution is -1.98. The fraction of sp³-hybridized carbons (Fsp3) is 0.188. The molecule has 0 aliphatic heterocycles. The predicted molar refractivity (Wildman–Crippen MR) is 71.2 cm³/mol. The highest BCUT2D eigenvalue weighted by atomic mass is 19.2. The van der Waals surface area contributed by atoms with Crippen molar-refractivity contribution in [1.29, 1.82) is 0 Å². The van der Waals surface area contributed by atoms with Crippen LogP contribution in [0, 0.1) is 18.6 Å². The summed E-state index contributed by atoms with van der Waals surface area (Å²) >= 11 is 0. The Morgan fingerprint density at radius 3 is 2.53 bits per heavy atom. The van der Waals surface area contributed by atoms with E-state index in [1.807, 2.05) is 0 Å². The largest absolute Gasteiger partial charge is 0.294 e. The van der Waals surface area contributed by atoms with Crippen molar-refractivity contribution in [2.24, 2.45) is 0 Å². The topological polar surface area (TPSA) is 17.1 Å². The molecule has 0 unspecified atom stereocenters.